The Morgan fingerprint density at radius 2 is 1.81 bits per heavy atom. The van der Waals surface area contributed by atoms with Crippen molar-refractivity contribution in [3.8, 4) is 22.7 Å². The van der Waals surface area contributed by atoms with Gasteiger partial charge < -0.3 is 10.1 Å². The summed E-state index contributed by atoms with van der Waals surface area (Å²) >= 11 is 5.01. The number of ether oxygens (including phenoxy) is 1. The third-order valence-electron chi connectivity index (χ3n) is 4.15. The van der Waals surface area contributed by atoms with E-state index in [-0.39, 0.29) is 5.91 Å². The Morgan fingerprint density at radius 1 is 1.07 bits per heavy atom. The van der Waals surface area contributed by atoms with Crippen LogP contribution in [0, 0.1) is 0 Å². The zero-order valence-corrected chi connectivity index (χ0v) is 15.3. The summed E-state index contributed by atoms with van der Waals surface area (Å²) in [4.78, 5) is 12.0. The van der Waals surface area contributed by atoms with Crippen molar-refractivity contribution in [3.63, 3.8) is 0 Å². The minimum absolute atomic E-state index is 0.256. The second-order valence-electron chi connectivity index (χ2n) is 5.91. The minimum Gasteiger partial charge on any atom is -0.497 e. The van der Waals surface area contributed by atoms with E-state index in [0.29, 0.717) is 10.8 Å². The van der Waals surface area contributed by atoms with E-state index in [1.165, 1.54) is 0 Å². The number of nitrogens with one attached hydrogen (secondary N) is 2. The Kier molecular flexibility index (Phi) is 4.43. The highest BCUT2D eigenvalue weighted by molar-refractivity contribution is 7.80. The molecule has 1 aromatic heterocycles. The Balaban J connectivity index is 1.82. The largest absolute Gasteiger partial charge is 0.497 e. The van der Waals surface area contributed by atoms with Crippen LogP contribution in [-0.4, -0.2) is 27.9 Å². The van der Waals surface area contributed by atoms with Crippen LogP contribution < -0.4 is 15.4 Å². The fourth-order valence-corrected chi connectivity index (χ4v) is 3.02. The third kappa shape index (κ3) is 3.45. The van der Waals surface area contributed by atoms with Gasteiger partial charge in [-0.15, -0.1) is 0 Å². The number of amides is 1. The summed E-state index contributed by atoms with van der Waals surface area (Å²) in [7, 11) is 1.63. The molecule has 1 aliphatic heterocycles. The summed E-state index contributed by atoms with van der Waals surface area (Å²) in [6.07, 6.45) is 3.64. The first-order valence-electron chi connectivity index (χ1n) is 8.27. The molecular weight excluding hydrogens is 360 g/mol. The molecule has 2 heterocycles. The van der Waals surface area contributed by atoms with Gasteiger partial charge in [-0.3, -0.25) is 10.1 Å². The van der Waals surface area contributed by atoms with Crippen molar-refractivity contribution in [2.24, 2.45) is 0 Å². The van der Waals surface area contributed by atoms with Gasteiger partial charge in [0.15, 0.2) is 5.11 Å². The van der Waals surface area contributed by atoms with Gasteiger partial charge in [-0.05, 0) is 54.7 Å². The van der Waals surface area contributed by atoms with Crippen LogP contribution in [0.25, 0.3) is 23.0 Å². The molecule has 7 heteroatoms. The van der Waals surface area contributed by atoms with E-state index in [1.807, 2.05) is 60.8 Å². The predicted octanol–water partition coefficient (Wildman–Crippen LogP) is 2.89. The van der Waals surface area contributed by atoms with Gasteiger partial charge in [-0.25, -0.2) is 4.68 Å². The number of nitrogens with zero attached hydrogens (tertiary/aromatic N) is 2. The van der Waals surface area contributed by atoms with E-state index < -0.39 is 0 Å². The summed E-state index contributed by atoms with van der Waals surface area (Å²) in [5, 5.41) is 10.5. The van der Waals surface area contributed by atoms with Gasteiger partial charge in [0.25, 0.3) is 5.91 Å². The summed E-state index contributed by atoms with van der Waals surface area (Å²) < 4.78 is 7.02. The first-order valence-corrected chi connectivity index (χ1v) is 8.68. The number of aromatic nitrogens is 2. The summed E-state index contributed by atoms with van der Waals surface area (Å²) in [5.74, 6) is 0.511. The molecule has 27 heavy (non-hydrogen) atoms. The lowest BCUT2D eigenvalue weighted by atomic mass is 10.1. The maximum atomic E-state index is 12.0. The van der Waals surface area contributed by atoms with Crippen molar-refractivity contribution in [1.82, 2.24) is 20.4 Å². The van der Waals surface area contributed by atoms with E-state index in [2.05, 4.69) is 10.6 Å². The van der Waals surface area contributed by atoms with Crippen molar-refractivity contribution in [3.05, 3.63) is 72.1 Å². The van der Waals surface area contributed by atoms with E-state index >= 15 is 0 Å². The predicted molar refractivity (Wildman–Crippen MR) is 107 cm³/mol. The number of hydrogen-bond acceptors (Lipinski definition) is 4. The number of carbonyl (C=O) groups excluding carboxylic acids is 1. The molecule has 1 saturated heterocycles. The fraction of sp³-hybridized carbons (Fsp3) is 0.0500. The van der Waals surface area contributed by atoms with Crippen molar-refractivity contribution in [2.45, 2.75) is 0 Å². The number of benzene rings is 2. The van der Waals surface area contributed by atoms with Gasteiger partial charge >= 0.3 is 0 Å². The molecule has 0 atom stereocenters. The minimum atomic E-state index is -0.256. The standard InChI is InChI=1S/C20H16N4O2S/c1-26-16-9-7-13(8-10-16)18-14(11-17-19(25)22-20(27)21-17)12-24(23-18)15-5-3-2-4-6-15/h2-12H,1H3,(H2,21,22,25,27)/b17-11-. The third-order valence-corrected chi connectivity index (χ3v) is 4.35. The van der Waals surface area contributed by atoms with Crippen molar-refractivity contribution >= 4 is 29.3 Å². The normalized spacial score (nSPS) is 14.9. The molecule has 4 rings (SSSR count). The van der Waals surface area contributed by atoms with E-state index in [1.54, 1.807) is 17.9 Å². The second-order valence-corrected chi connectivity index (χ2v) is 6.32. The van der Waals surface area contributed by atoms with E-state index in [9.17, 15) is 4.79 Å². The van der Waals surface area contributed by atoms with Gasteiger partial charge in [-0.1, -0.05) is 18.2 Å². The van der Waals surface area contributed by atoms with Crippen LogP contribution in [0.1, 0.15) is 5.56 Å². The number of para-hydroxylation sites is 1. The van der Waals surface area contributed by atoms with Gasteiger partial charge in [0, 0.05) is 17.3 Å². The van der Waals surface area contributed by atoms with Crippen LogP contribution in [0.4, 0.5) is 0 Å². The quantitative estimate of drug-likeness (QED) is 0.541. The monoisotopic (exact) mass is 376 g/mol. The summed E-state index contributed by atoms with van der Waals surface area (Å²) in [5.41, 5.74) is 3.78. The molecule has 0 unspecified atom stereocenters. The lowest BCUT2D eigenvalue weighted by Gasteiger charge is -2.03. The molecule has 6 nitrogen and oxygen atoms in total. The molecule has 1 fully saturated rings. The number of hydrogen-bond donors (Lipinski definition) is 2. The van der Waals surface area contributed by atoms with Crippen LogP contribution in [0.2, 0.25) is 0 Å². The van der Waals surface area contributed by atoms with Gasteiger partial charge in [-0.2, -0.15) is 5.10 Å². The van der Waals surface area contributed by atoms with Crippen molar-refractivity contribution in [1.29, 1.82) is 0 Å². The highest BCUT2D eigenvalue weighted by atomic mass is 32.1. The fourth-order valence-electron chi connectivity index (χ4n) is 2.82. The summed E-state index contributed by atoms with van der Waals surface area (Å²) in [6.45, 7) is 0. The molecule has 1 aliphatic rings. The molecule has 0 radical (unpaired) electrons. The SMILES string of the molecule is COc1ccc(-c2nn(-c3ccccc3)cc2/C=C2\NC(=S)NC2=O)cc1. The molecule has 2 N–H and O–H groups in total. The van der Waals surface area contributed by atoms with Crippen LogP contribution in [-0.2, 0) is 4.79 Å². The average Bonchev–Trinajstić information content (AvgIpc) is 3.25. The molecule has 134 valence electrons. The first-order chi connectivity index (χ1) is 13.1. The Bertz CT molecular complexity index is 1040. The molecule has 2 aromatic carbocycles. The van der Waals surface area contributed by atoms with Gasteiger partial charge in [0.05, 0.1) is 12.8 Å². The Labute approximate surface area is 161 Å². The number of rotatable bonds is 4. The zero-order valence-electron chi connectivity index (χ0n) is 14.5. The van der Waals surface area contributed by atoms with Crippen molar-refractivity contribution in [2.75, 3.05) is 7.11 Å². The molecule has 0 saturated carbocycles. The molecule has 0 spiro atoms. The Morgan fingerprint density at radius 3 is 2.44 bits per heavy atom. The first kappa shape index (κ1) is 17.0. The highest BCUT2D eigenvalue weighted by Crippen LogP contribution is 2.27. The smallest absolute Gasteiger partial charge is 0.273 e. The lowest BCUT2D eigenvalue weighted by molar-refractivity contribution is -0.115. The molecule has 3 aromatic rings. The van der Waals surface area contributed by atoms with E-state index in [0.717, 1.165) is 28.3 Å². The second kappa shape index (κ2) is 7.05. The Hall–Kier alpha value is -3.45. The van der Waals surface area contributed by atoms with Crippen LogP contribution in [0.3, 0.4) is 0 Å². The van der Waals surface area contributed by atoms with Gasteiger partial charge in [0.1, 0.15) is 17.1 Å². The maximum Gasteiger partial charge on any atom is 0.273 e. The zero-order chi connectivity index (χ0) is 18.8. The molecule has 0 aliphatic carbocycles. The number of thiocarbonyl (C=S) groups is 1. The molecule has 1 amide bonds. The number of carbonyl (C=O) groups is 1. The van der Waals surface area contributed by atoms with Crippen LogP contribution in [0.15, 0.2) is 66.5 Å². The van der Waals surface area contributed by atoms with Crippen LogP contribution >= 0.6 is 12.2 Å². The summed E-state index contributed by atoms with van der Waals surface area (Å²) in [6, 6.07) is 17.4. The van der Waals surface area contributed by atoms with E-state index in [4.69, 9.17) is 22.1 Å². The lowest BCUT2D eigenvalue weighted by Crippen LogP contribution is -2.21. The number of methoxy groups -OCH3 is 1. The molecular formula is C20H16N4O2S. The van der Waals surface area contributed by atoms with Crippen LogP contribution in [0.5, 0.6) is 5.75 Å². The van der Waals surface area contributed by atoms with Gasteiger partial charge in [0.2, 0.25) is 0 Å². The van der Waals surface area contributed by atoms with Crippen molar-refractivity contribution < 1.29 is 9.53 Å². The maximum absolute atomic E-state index is 12.0. The average molecular weight is 376 g/mol. The highest BCUT2D eigenvalue weighted by Gasteiger charge is 2.21. The topological polar surface area (TPSA) is 68.2 Å². The molecule has 0 bridgehead atoms.